The van der Waals surface area contributed by atoms with Crippen molar-refractivity contribution in [3.8, 4) is 0 Å². The van der Waals surface area contributed by atoms with Crippen molar-refractivity contribution in [3.63, 3.8) is 0 Å². The van der Waals surface area contributed by atoms with Crippen LogP contribution in [-0.2, 0) is 16.8 Å². The number of rotatable bonds is 1. The van der Waals surface area contributed by atoms with Crippen LogP contribution in [-0.4, -0.2) is 16.2 Å². The van der Waals surface area contributed by atoms with Gasteiger partial charge in [0.1, 0.15) is 0 Å². The summed E-state index contributed by atoms with van der Waals surface area (Å²) in [6.45, 7) is 0. The summed E-state index contributed by atoms with van der Waals surface area (Å²) >= 11 is 0. The highest BCUT2D eigenvalue weighted by atomic mass is 16.4. The molecule has 0 aromatic heterocycles. The minimum absolute atomic E-state index is 0.305. The molecule has 0 aliphatic heterocycles. The predicted octanol–water partition coefficient (Wildman–Crippen LogP) is 1.69. The Labute approximate surface area is 88.4 Å². The first-order valence-corrected chi connectivity index (χ1v) is 5.19. The summed E-state index contributed by atoms with van der Waals surface area (Å²) in [5.74, 6) is -1.14. The Kier molecular flexibility index (Phi) is 2.49. The van der Waals surface area contributed by atoms with Gasteiger partial charge in [0.2, 0.25) is 0 Å². The number of benzene rings is 1. The fourth-order valence-corrected chi connectivity index (χ4v) is 2.19. The highest BCUT2D eigenvalue weighted by Gasteiger charge is 2.40. The van der Waals surface area contributed by atoms with Gasteiger partial charge >= 0.3 is 5.97 Å². The Hall–Kier alpha value is -1.35. The highest BCUT2D eigenvalue weighted by Crippen LogP contribution is 2.34. The number of hydrogen-bond acceptors (Lipinski definition) is 2. The lowest BCUT2D eigenvalue weighted by molar-refractivity contribution is -0.160. The van der Waals surface area contributed by atoms with Gasteiger partial charge in [-0.25, -0.2) is 4.79 Å². The average molecular weight is 206 g/mol. The Morgan fingerprint density at radius 1 is 1.27 bits per heavy atom. The van der Waals surface area contributed by atoms with Crippen LogP contribution in [0.15, 0.2) is 24.3 Å². The number of hydrogen-bond donors (Lipinski definition) is 2. The van der Waals surface area contributed by atoms with Crippen molar-refractivity contribution in [3.05, 3.63) is 35.4 Å². The zero-order valence-electron chi connectivity index (χ0n) is 8.44. The molecular weight excluding hydrogens is 192 g/mol. The van der Waals surface area contributed by atoms with Crippen LogP contribution in [0.25, 0.3) is 0 Å². The molecule has 1 aromatic carbocycles. The maximum Gasteiger partial charge on any atom is 0.340 e. The summed E-state index contributed by atoms with van der Waals surface area (Å²) in [5, 5.41) is 19.3. The third-order valence-corrected chi connectivity index (χ3v) is 3.05. The number of aryl methyl sites for hydroxylation is 1. The van der Waals surface area contributed by atoms with Crippen LogP contribution >= 0.6 is 0 Å². The summed E-state index contributed by atoms with van der Waals surface area (Å²) in [6.07, 6.45) is 2.84. The van der Waals surface area contributed by atoms with Crippen LogP contribution in [0.4, 0.5) is 0 Å². The van der Waals surface area contributed by atoms with E-state index >= 15 is 0 Å². The molecule has 80 valence electrons. The van der Waals surface area contributed by atoms with Crippen LogP contribution < -0.4 is 0 Å². The monoisotopic (exact) mass is 206 g/mol. The molecule has 0 saturated carbocycles. The predicted molar refractivity (Wildman–Crippen MR) is 55.5 cm³/mol. The lowest BCUT2D eigenvalue weighted by atomic mass is 9.88. The van der Waals surface area contributed by atoms with Crippen LogP contribution in [0.1, 0.15) is 30.4 Å². The molecule has 1 aliphatic carbocycles. The van der Waals surface area contributed by atoms with Crippen LogP contribution in [0.5, 0.6) is 0 Å². The topological polar surface area (TPSA) is 57.5 Å². The summed E-state index contributed by atoms with van der Waals surface area (Å²) < 4.78 is 0. The van der Waals surface area contributed by atoms with E-state index in [9.17, 15) is 9.90 Å². The average Bonchev–Trinajstić information content (AvgIpc) is 2.40. The first-order valence-electron chi connectivity index (χ1n) is 5.19. The van der Waals surface area contributed by atoms with E-state index in [0.717, 1.165) is 24.8 Å². The molecule has 0 heterocycles. The van der Waals surface area contributed by atoms with Crippen molar-refractivity contribution in [1.82, 2.24) is 0 Å². The molecule has 15 heavy (non-hydrogen) atoms. The van der Waals surface area contributed by atoms with Gasteiger partial charge in [-0.15, -0.1) is 0 Å². The van der Waals surface area contributed by atoms with Crippen LogP contribution in [0, 0.1) is 0 Å². The molecule has 0 fully saturated rings. The molecule has 0 radical (unpaired) electrons. The lowest BCUT2D eigenvalue weighted by Gasteiger charge is -2.23. The normalized spacial score (nSPS) is 25.4. The SMILES string of the molecule is O=C(O)C1(O)CCCCc2ccccc21. The van der Waals surface area contributed by atoms with Gasteiger partial charge in [-0.1, -0.05) is 24.3 Å². The van der Waals surface area contributed by atoms with Gasteiger partial charge in [-0.2, -0.15) is 0 Å². The molecule has 2 rings (SSSR count). The smallest absolute Gasteiger partial charge is 0.340 e. The first kappa shape index (κ1) is 10.2. The molecule has 1 aliphatic rings. The largest absolute Gasteiger partial charge is 0.479 e. The Morgan fingerprint density at radius 2 is 2.00 bits per heavy atom. The van der Waals surface area contributed by atoms with Crippen molar-refractivity contribution in [1.29, 1.82) is 0 Å². The lowest BCUT2D eigenvalue weighted by Crippen LogP contribution is -2.35. The summed E-state index contributed by atoms with van der Waals surface area (Å²) in [6, 6.07) is 7.27. The molecule has 0 bridgehead atoms. The molecule has 2 N–H and O–H groups in total. The number of carboxylic acids is 1. The van der Waals surface area contributed by atoms with Crippen LogP contribution in [0.2, 0.25) is 0 Å². The Bertz CT molecular complexity index is 386. The fraction of sp³-hybridized carbons (Fsp3) is 0.417. The van der Waals surface area contributed by atoms with Crippen molar-refractivity contribution < 1.29 is 15.0 Å². The second-order valence-corrected chi connectivity index (χ2v) is 4.03. The maximum absolute atomic E-state index is 11.1. The molecule has 3 heteroatoms. The van der Waals surface area contributed by atoms with E-state index in [4.69, 9.17) is 5.11 Å². The number of aliphatic hydroxyl groups is 1. The molecule has 1 atom stereocenters. The number of fused-ring (bicyclic) bond motifs is 1. The Morgan fingerprint density at radius 3 is 2.73 bits per heavy atom. The Balaban J connectivity index is 2.55. The molecule has 0 spiro atoms. The molecule has 1 aromatic rings. The van der Waals surface area contributed by atoms with E-state index < -0.39 is 11.6 Å². The van der Waals surface area contributed by atoms with Crippen molar-refractivity contribution in [2.24, 2.45) is 0 Å². The second kappa shape index (κ2) is 3.66. The van der Waals surface area contributed by atoms with E-state index in [-0.39, 0.29) is 0 Å². The zero-order chi connectivity index (χ0) is 10.9. The van der Waals surface area contributed by atoms with Crippen LogP contribution in [0.3, 0.4) is 0 Å². The van der Waals surface area contributed by atoms with Gasteiger partial charge in [-0.05, 0) is 36.8 Å². The molecule has 3 nitrogen and oxygen atoms in total. The van der Waals surface area contributed by atoms with Gasteiger partial charge in [0, 0.05) is 0 Å². The number of aliphatic carboxylic acids is 1. The van der Waals surface area contributed by atoms with Gasteiger partial charge in [0.15, 0.2) is 5.60 Å². The summed E-state index contributed by atoms with van der Waals surface area (Å²) in [5.41, 5.74) is -0.164. The van der Waals surface area contributed by atoms with Crippen molar-refractivity contribution >= 4 is 5.97 Å². The van der Waals surface area contributed by atoms with E-state index in [2.05, 4.69) is 0 Å². The van der Waals surface area contributed by atoms with Gasteiger partial charge < -0.3 is 10.2 Å². The van der Waals surface area contributed by atoms with Gasteiger partial charge in [-0.3, -0.25) is 0 Å². The van der Waals surface area contributed by atoms with Gasteiger partial charge in [0.25, 0.3) is 0 Å². The van der Waals surface area contributed by atoms with E-state index in [1.807, 2.05) is 12.1 Å². The highest BCUT2D eigenvalue weighted by molar-refractivity contribution is 5.79. The molecule has 1 unspecified atom stereocenters. The third kappa shape index (κ3) is 1.63. The number of carbonyl (C=O) groups is 1. The van der Waals surface area contributed by atoms with Crippen molar-refractivity contribution in [2.75, 3.05) is 0 Å². The fourth-order valence-electron chi connectivity index (χ4n) is 2.19. The quantitative estimate of drug-likeness (QED) is 0.687. The minimum atomic E-state index is -1.69. The summed E-state index contributed by atoms with van der Waals surface area (Å²) in [7, 11) is 0. The standard InChI is InChI=1S/C12H14O3/c13-11(14)12(15)8-4-3-6-9-5-1-2-7-10(9)12/h1-2,5,7,15H,3-4,6,8H2,(H,13,14). The van der Waals surface area contributed by atoms with E-state index in [0.29, 0.717) is 12.0 Å². The molecule has 0 saturated heterocycles. The third-order valence-electron chi connectivity index (χ3n) is 3.05. The molecular formula is C12H14O3. The number of carboxylic acid groups (broad SMARTS) is 1. The zero-order valence-corrected chi connectivity index (χ0v) is 8.44. The van der Waals surface area contributed by atoms with E-state index in [1.54, 1.807) is 12.1 Å². The second-order valence-electron chi connectivity index (χ2n) is 4.03. The minimum Gasteiger partial charge on any atom is -0.479 e. The van der Waals surface area contributed by atoms with Crippen molar-refractivity contribution in [2.45, 2.75) is 31.3 Å². The molecule has 0 amide bonds. The van der Waals surface area contributed by atoms with E-state index in [1.165, 1.54) is 0 Å². The maximum atomic E-state index is 11.1. The van der Waals surface area contributed by atoms with Gasteiger partial charge in [0.05, 0.1) is 0 Å². The summed E-state index contributed by atoms with van der Waals surface area (Å²) in [4.78, 5) is 11.1. The first-order chi connectivity index (χ1) is 7.14.